The van der Waals surface area contributed by atoms with E-state index in [4.69, 9.17) is 4.74 Å². The Kier molecular flexibility index (Phi) is 5.80. The van der Waals surface area contributed by atoms with Crippen LogP contribution in [-0.2, 0) is 20.9 Å². The summed E-state index contributed by atoms with van der Waals surface area (Å²) in [6.07, 6.45) is 4.46. The highest BCUT2D eigenvalue weighted by atomic mass is 16.5. The molecule has 0 aromatic carbocycles. The zero-order valence-electron chi connectivity index (χ0n) is 14.4. The van der Waals surface area contributed by atoms with Gasteiger partial charge in [-0.25, -0.2) is 4.79 Å². The van der Waals surface area contributed by atoms with Gasteiger partial charge in [-0.05, 0) is 50.8 Å². The van der Waals surface area contributed by atoms with E-state index in [2.05, 4.69) is 16.8 Å². The molecular formula is C18H23N3O3. The first kappa shape index (κ1) is 17.8. The van der Waals surface area contributed by atoms with Gasteiger partial charge in [-0.1, -0.05) is 6.92 Å². The van der Waals surface area contributed by atoms with Crippen molar-refractivity contribution < 1.29 is 14.3 Å². The largest absolute Gasteiger partial charge is 0.451 e. The van der Waals surface area contributed by atoms with Gasteiger partial charge in [0.1, 0.15) is 11.6 Å². The van der Waals surface area contributed by atoms with Gasteiger partial charge in [0.2, 0.25) is 0 Å². The summed E-state index contributed by atoms with van der Waals surface area (Å²) in [4.78, 5) is 23.6. The molecule has 2 rings (SSSR count). The SMILES string of the molecule is CCCn1c(C)cc(/C=C(\C#N)C(=O)OCC(=O)NC2CC2)c1C. The minimum Gasteiger partial charge on any atom is -0.451 e. The predicted octanol–water partition coefficient (Wildman–Crippen LogP) is 2.24. The van der Waals surface area contributed by atoms with Crippen LogP contribution >= 0.6 is 0 Å². The molecule has 1 fully saturated rings. The fraction of sp³-hybridized carbons (Fsp3) is 0.500. The Morgan fingerprint density at radius 1 is 1.46 bits per heavy atom. The Labute approximate surface area is 142 Å². The number of esters is 1. The number of nitrogens with one attached hydrogen (secondary N) is 1. The van der Waals surface area contributed by atoms with E-state index in [1.54, 1.807) is 0 Å². The van der Waals surface area contributed by atoms with Gasteiger partial charge in [0.15, 0.2) is 6.61 Å². The maximum Gasteiger partial charge on any atom is 0.349 e. The summed E-state index contributed by atoms with van der Waals surface area (Å²) in [5.41, 5.74) is 2.79. The number of hydrogen-bond donors (Lipinski definition) is 1. The molecule has 1 saturated carbocycles. The van der Waals surface area contributed by atoms with E-state index in [9.17, 15) is 14.9 Å². The van der Waals surface area contributed by atoms with Gasteiger partial charge in [-0.3, -0.25) is 4.79 Å². The van der Waals surface area contributed by atoms with Gasteiger partial charge in [0, 0.05) is 24.0 Å². The van der Waals surface area contributed by atoms with Gasteiger partial charge >= 0.3 is 5.97 Å². The van der Waals surface area contributed by atoms with Crippen molar-refractivity contribution in [3.63, 3.8) is 0 Å². The maximum absolute atomic E-state index is 12.0. The van der Waals surface area contributed by atoms with E-state index in [1.165, 1.54) is 6.08 Å². The number of ether oxygens (including phenoxy) is 1. The average Bonchev–Trinajstić information content (AvgIpc) is 3.32. The molecule has 1 amide bonds. The molecule has 0 bridgehead atoms. The first-order valence-electron chi connectivity index (χ1n) is 8.21. The van der Waals surface area contributed by atoms with E-state index in [1.807, 2.05) is 26.0 Å². The Bertz CT molecular complexity index is 706. The van der Waals surface area contributed by atoms with Crippen molar-refractivity contribution in [3.05, 3.63) is 28.6 Å². The number of amides is 1. The van der Waals surface area contributed by atoms with Crippen molar-refractivity contribution in [1.82, 2.24) is 9.88 Å². The molecule has 1 aliphatic rings. The topological polar surface area (TPSA) is 84.1 Å². The lowest BCUT2D eigenvalue weighted by atomic mass is 10.1. The van der Waals surface area contributed by atoms with E-state index in [-0.39, 0.29) is 24.1 Å². The summed E-state index contributed by atoms with van der Waals surface area (Å²) in [7, 11) is 0. The molecule has 24 heavy (non-hydrogen) atoms. The smallest absolute Gasteiger partial charge is 0.349 e. The van der Waals surface area contributed by atoms with Crippen molar-refractivity contribution in [1.29, 1.82) is 5.26 Å². The van der Waals surface area contributed by atoms with Crippen LogP contribution in [0.1, 0.15) is 43.1 Å². The maximum atomic E-state index is 12.0. The molecule has 1 aromatic rings. The van der Waals surface area contributed by atoms with Crippen molar-refractivity contribution in [2.45, 2.75) is 52.6 Å². The minimum absolute atomic E-state index is 0.106. The zero-order valence-corrected chi connectivity index (χ0v) is 14.4. The molecule has 0 spiro atoms. The van der Waals surface area contributed by atoms with Crippen molar-refractivity contribution in [2.75, 3.05) is 6.61 Å². The van der Waals surface area contributed by atoms with Gasteiger partial charge < -0.3 is 14.6 Å². The summed E-state index contributed by atoms with van der Waals surface area (Å²) in [5, 5.41) is 12.0. The highest BCUT2D eigenvalue weighted by Crippen LogP contribution is 2.19. The van der Waals surface area contributed by atoms with E-state index in [0.29, 0.717) is 0 Å². The van der Waals surface area contributed by atoms with Crippen LogP contribution in [-0.4, -0.2) is 29.1 Å². The Hall–Kier alpha value is -2.55. The molecule has 6 nitrogen and oxygen atoms in total. The Morgan fingerprint density at radius 2 is 2.17 bits per heavy atom. The molecule has 0 radical (unpaired) electrons. The van der Waals surface area contributed by atoms with Crippen molar-refractivity contribution in [2.24, 2.45) is 0 Å². The first-order valence-corrected chi connectivity index (χ1v) is 8.21. The second-order valence-electron chi connectivity index (χ2n) is 6.07. The average molecular weight is 329 g/mol. The van der Waals surface area contributed by atoms with Crippen LogP contribution in [0.2, 0.25) is 0 Å². The lowest BCUT2D eigenvalue weighted by molar-refractivity contribution is -0.144. The summed E-state index contributed by atoms with van der Waals surface area (Å²) < 4.78 is 7.08. The lowest BCUT2D eigenvalue weighted by Crippen LogP contribution is -2.30. The van der Waals surface area contributed by atoms with Gasteiger partial charge in [-0.2, -0.15) is 5.26 Å². The van der Waals surface area contributed by atoms with Crippen LogP contribution in [0.3, 0.4) is 0 Å². The molecule has 1 heterocycles. The van der Waals surface area contributed by atoms with E-state index < -0.39 is 5.97 Å². The molecule has 0 atom stereocenters. The minimum atomic E-state index is -0.774. The highest BCUT2D eigenvalue weighted by molar-refractivity contribution is 5.99. The lowest BCUT2D eigenvalue weighted by Gasteiger charge is -2.07. The molecule has 1 aromatic heterocycles. The standard InChI is InChI=1S/C18H23N3O3/c1-4-7-21-12(2)8-14(13(21)3)9-15(10-19)18(23)24-11-17(22)20-16-5-6-16/h8-9,16H,4-7,11H2,1-3H3,(H,20,22)/b15-9+. The summed E-state index contributed by atoms with van der Waals surface area (Å²) in [6.45, 7) is 6.58. The quantitative estimate of drug-likeness (QED) is 0.472. The fourth-order valence-electron chi connectivity index (χ4n) is 2.54. The highest BCUT2D eigenvalue weighted by Gasteiger charge is 2.24. The molecule has 0 unspecified atom stereocenters. The van der Waals surface area contributed by atoms with Gasteiger partial charge in [0.25, 0.3) is 5.91 Å². The number of rotatable bonds is 7. The van der Waals surface area contributed by atoms with E-state index in [0.717, 1.165) is 42.8 Å². The third-order valence-corrected chi connectivity index (χ3v) is 3.98. The fourth-order valence-corrected chi connectivity index (χ4v) is 2.54. The van der Waals surface area contributed by atoms with Crippen molar-refractivity contribution >= 4 is 18.0 Å². The summed E-state index contributed by atoms with van der Waals surface area (Å²) in [6, 6.07) is 4.01. The van der Waals surface area contributed by atoms with Crippen LogP contribution in [0, 0.1) is 25.2 Å². The number of hydrogen-bond acceptors (Lipinski definition) is 4. The molecule has 128 valence electrons. The summed E-state index contributed by atoms with van der Waals surface area (Å²) >= 11 is 0. The van der Waals surface area contributed by atoms with Crippen LogP contribution in [0.4, 0.5) is 0 Å². The number of aryl methyl sites for hydroxylation is 1. The first-order chi connectivity index (χ1) is 11.5. The van der Waals surface area contributed by atoms with Crippen LogP contribution in [0.15, 0.2) is 11.6 Å². The Morgan fingerprint density at radius 3 is 2.75 bits per heavy atom. The number of carbonyl (C=O) groups excluding carboxylic acids is 2. The molecule has 6 heteroatoms. The van der Waals surface area contributed by atoms with Crippen molar-refractivity contribution in [3.8, 4) is 6.07 Å². The van der Waals surface area contributed by atoms with E-state index >= 15 is 0 Å². The second-order valence-corrected chi connectivity index (χ2v) is 6.07. The van der Waals surface area contributed by atoms with Crippen LogP contribution in [0.5, 0.6) is 0 Å². The zero-order chi connectivity index (χ0) is 17.7. The van der Waals surface area contributed by atoms with Gasteiger partial charge in [-0.15, -0.1) is 0 Å². The molecule has 0 aliphatic heterocycles. The monoisotopic (exact) mass is 329 g/mol. The molecular weight excluding hydrogens is 306 g/mol. The summed E-state index contributed by atoms with van der Waals surface area (Å²) in [5.74, 6) is -1.10. The van der Waals surface area contributed by atoms with Crippen LogP contribution < -0.4 is 5.32 Å². The predicted molar refractivity (Wildman–Crippen MR) is 89.9 cm³/mol. The second kappa shape index (κ2) is 7.82. The van der Waals surface area contributed by atoms with Gasteiger partial charge in [0.05, 0.1) is 0 Å². The molecule has 1 aliphatic carbocycles. The van der Waals surface area contributed by atoms with Crippen LogP contribution in [0.25, 0.3) is 6.08 Å². The normalized spacial score (nSPS) is 14.2. The molecule has 0 saturated heterocycles. The number of nitriles is 1. The Balaban J connectivity index is 2.05. The number of nitrogens with zero attached hydrogens (tertiary/aromatic N) is 2. The third-order valence-electron chi connectivity index (χ3n) is 3.98. The third kappa shape index (κ3) is 4.48. The number of carbonyl (C=O) groups is 2. The molecule has 1 N–H and O–H groups in total. The number of aromatic nitrogens is 1.